The molecular weight excluding hydrogens is 270 g/mol. The van der Waals surface area contributed by atoms with Crippen LogP contribution in [0, 0.1) is 0 Å². The summed E-state index contributed by atoms with van der Waals surface area (Å²) in [6, 6.07) is 3.90. The minimum atomic E-state index is 0.521. The van der Waals surface area contributed by atoms with Gasteiger partial charge in [0, 0.05) is 6.54 Å². The van der Waals surface area contributed by atoms with Gasteiger partial charge in [0.15, 0.2) is 11.5 Å². The third-order valence-corrected chi connectivity index (χ3v) is 2.57. The Hall–Kier alpha value is -1.00. The molecule has 0 radical (unpaired) electrons. The van der Waals surface area contributed by atoms with E-state index < -0.39 is 0 Å². The smallest absolute Gasteiger partial charge is 0.174 e. The van der Waals surface area contributed by atoms with Crippen LogP contribution in [-0.4, -0.2) is 20.3 Å². The monoisotopic (exact) mass is 285 g/mol. The maximum absolute atomic E-state index is 5.51. The van der Waals surface area contributed by atoms with Gasteiger partial charge in [-0.2, -0.15) is 0 Å². The van der Waals surface area contributed by atoms with Crippen molar-refractivity contribution in [3.8, 4) is 11.5 Å². The SMILES string of the molecule is CCOc1cc(C=CCN)cc(Br)c1OC. The second kappa shape index (κ2) is 6.55. The largest absolute Gasteiger partial charge is 0.492 e. The van der Waals surface area contributed by atoms with Gasteiger partial charge in [-0.25, -0.2) is 0 Å². The summed E-state index contributed by atoms with van der Waals surface area (Å²) in [7, 11) is 1.62. The zero-order chi connectivity index (χ0) is 12.0. The molecule has 0 atom stereocenters. The van der Waals surface area contributed by atoms with Gasteiger partial charge in [-0.1, -0.05) is 12.2 Å². The lowest BCUT2D eigenvalue weighted by atomic mass is 10.2. The van der Waals surface area contributed by atoms with Crippen molar-refractivity contribution in [3.63, 3.8) is 0 Å². The Morgan fingerprint density at radius 1 is 1.44 bits per heavy atom. The molecular formula is C12H16BrNO2. The molecule has 0 aromatic heterocycles. The second-order valence-electron chi connectivity index (χ2n) is 3.11. The number of benzene rings is 1. The quantitative estimate of drug-likeness (QED) is 0.905. The minimum absolute atomic E-state index is 0.521. The zero-order valence-electron chi connectivity index (χ0n) is 9.50. The number of rotatable bonds is 5. The van der Waals surface area contributed by atoms with Crippen molar-refractivity contribution in [2.45, 2.75) is 6.92 Å². The first-order valence-electron chi connectivity index (χ1n) is 5.09. The van der Waals surface area contributed by atoms with Crippen LogP contribution in [0.1, 0.15) is 12.5 Å². The summed E-state index contributed by atoms with van der Waals surface area (Å²) in [6.07, 6.45) is 3.84. The lowest BCUT2D eigenvalue weighted by molar-refractivity contribution is 0.310. The number of methoxy groups -OCH3 is 1. The van der Waals surface area contributed by atoms with Crippen molar-refractivity contribution in [1.82, 2.24) is 0 Å². The van der Waals surface area contributed by atoms with E-state index in [2.05, 4.69) is 15.9 Å². The van der Waals surface area contributed by atoms with Gasteiger partial charge < -0.3 is 15.2 Å². The van der Waals surface area contributed by atoms with Gasteiger partial charge in [-0.05, 0) is 40.5 Å². The van der Waals surface area contributed by atoms with Crippen molar-refractivity contribution in [2.75, 3.05) is 20.3 Å². The van der Waals surface area contributed by atoms with Gasteiger partial charge in [0.05, 0.1) is 18.2 Å². The van der Waals surface area contributed by atoms with Crippen LogP contribution in [-0.2, 0) is 0 Å². The van der Waals surface area contributed by atoms with Gasteiger partial charge in [0.2, 0.25) is 0 Å². The number of hydrogen-bond donors (Lipinski definition) is 1. The molecule has 88 valence electrons. The number of nitrogens with two attached hydrogens (primary N) is 1. The van der Waals surface area contributed by atoms with Gasteiger partial charge in [-0.3, -0.25) is 0 Å². The number of halogens is 1. The minimum Gasteiger partial charge on any atom is -0.492 e. The maximum Gasteiger partial charge on any atom is 0.174 e. The topological polar surface area (TPSA) is 44.5 Å². The summed E-state index contributed by atoms with van der Waals surface area (Å²) in [5, 5.41) is 0. The Balaban J connectivity index is 3.11. The van der Waals surface area contributed by atoms with Crippen molar-refractivity contribution in [2.24, 2.45) is 5.73 Å². The summed E-state index contributed by atoms with van der Waals surface area (Å²) in [6.45, 7) is 3.07. The maximum atomic E-state index is 5.51. The Morgan fingerprint density at radius 3 is 2.75 bits per heavy atom. The van der Waals surface area contributed by atoms with E-state index in [-0.39, 0.29) is 0 Å². The van der Waals surface area contributed by atoms with E-state index in [1.165, 1.54) is 0 Å². The van der Waals surface area contributed by atoms with Gasteiger partial charge >= 0.3 is 0 Å². The molecule has 4 heteroatoms. The Labute approximate surface area is 104 Å². The van der Waals surface area contributed by atoms with Crippen LogP contribution in [0.2, 0.25) is 0 Å². The second-order valence-corrected chi connectivity index (χ2v) is 3.96. The summed E-state index contributed by atoms with van der Waals surface area (Å²) in [5.74, 6) is 1.45. The first-order chi connectivity index (χ1) is 7.72. The molecule has 16 heavy (non-hydrogen) atoms. The first-order valence-corrected chi connectivity index (χ1v) is 5.89. The molecule has 0 saturated carbocycles. The molecule has 0 bridgehead atoms. The molecule has 0 heterocycles. The highest BCUT2D eigenvalue weighted by Crippen LogP contribution is 2.36. The van der Waals surface area contributed by atoms with Crippen LogP contribution in [0.4, 0.5) is 0 Å². The summed E-state index contributed by atoms with van der Waals surface area (Å²) >= 11 is 3.45. The van der Waals surface area contributed by atoms with Gasteiger partial charge in [-0.15, -0.1) is 0 Å². The van der Waals surface area contributed by atoms with E-state index in [1.54, 1.807) is 7.11 Å². The van der Waals surface area contributed by atoms with Crippen molar-refractivity contribution >= 4 is 22.0 Å². The normalized spacial score (nSPS) is 10.8. The van der Waals surface area contributed by atoms with Crippen molar-refractivity contribution in [1.29, 1.82) is 0 Å². The standard InChI is InChI=1S/C12H16BrNO2/c1-3-16-11-8-9(5-4-6-14)7-10(13)12(11)15-2/h4-5,7-8H,3,6,14H2,1-2H3. The van der Waals surface area contributed by atoms with Crippen LogP contribution in [0.5, 0.6) is 11.5 Å². The van der Waals surface area contributed by atoms with Gasteiger partial charge in [0.1, 0.15) is 0 Å². The van der Waals surface area contributed by atoms with Crippen molar-refractivity contribution in [3.05, 3.63) is 28.2 Å². The fourth-order valence-electron chi connectivity index (χ4n) is 1.35. The first kappa shape index (κ1) is 13.1. The molecule has 1 aromatic carbocycles. The zero-order valence-corrected chi connectivity index (χ0v) is 11.1. The van der Waals surface area contributed by atoms with E-state index in [0.717, 1.165) is 15.8 Å². The van der Waals surface area contributed by atoms with E-state index in [0.29, 0.717) is 18.9 Å². The summed E-state index contributed by atoms with van der Waals surface area (Å²) in [4.78, 5) is 0. The highest BCUT2D eigenvalue weighted by Gasteiger charge is 2.09. The fourth-order valence-corrected chi connectivity index (χ4v) is 1.97. The molecule has 1 rings (SSSR count). The average molecular weight is 286 g/mol. The highest BCUT2D eigenvalue weighted by molar-refractivity contribution is 9.10. The predicted molar refractivity (Wildman–Crippen MR) is 70.0 cm³/mol. The molecule has 0 fully saturated rings. The molecule has 3 nitrogen and oxygen atoms in total. The Kier molecular flexibility index (Phi) is 5.35. The van der Waals surface area contributed by atoms with Crippen molar-refractivity contribution < 1.29 is 9.47 Å². The molecule has 0 aliphatic heterocycles. The molecule has 0 aliphatic rings. The van der Waals surface area contributed by atoms with E-state index in [4.69, 9.17) is 15.2 Å². The molecule has 2 N–H and O–H groups in total. The van der Waals surface area contributed by atoms with E-state index in [1.807, 2.05) is 31.2 Å². The van der Waals surface area contributed by atoms with Crippen LogP contribution in [0.3, 0.4) is 0 Å². The number of ether oxygens (including phenoxy) is 2. The molecule has 0 amide bonds. The summed E-state index contributed by atoms with van der Waals surface area (Å²) < 4.78 is 11.6. The summed E-state index contributed by atoms with van der Waals surface area (Å²) in [5.41, 5.74) is 6.44. The predicted octanol–water partition coefficient (Wildman–Crippen LogP) is 2.83. The lowest BCUT2D eigenvalue weighted by Crippen LogP contribution is -1.97. The Bertz CT molecular complexity index is 378. The third kappa shape index (κ3) is 3.25. The van der Waals surface area contributed by atoms with E-state index >= 15 is 0 Å². The van der Waals surface area contributed by atoms with Crippen LogP contribution >= 0.6 is 15.9 Å². The average Bonchev–Trinajstić information content (AvgIpc) is 2.26. The molecule has 0 aliphatic carbocycles. The molecule has 1 aromatic rings. The molecule has 0 spiro atoms. The van der Waals surface area contributed by atoms with Gasteiger partial charge in [0.25, 0.3) is 0 Å². The molecule has 0 saturated heterocycles. The Morgan fingerprint density at radius 2 is 2.19 bits per heavy atom. The van der Waals surface area contributed by atoms with E-state index in [9.17, 15) is 0 Å². The van der Waals surface area contributed by atoms with Crippen LogP contribution in [0.25, 0.3) is 6.08 Å². The third-order valence-electron chi connectivity index (χ3n) is 1.98. The highest BCUT2D eigenvalue weighted by atomic mass is 79.9. The fraction of sp³-hybridized carbons (Fsp3) is 0.333. The molecule has 0 unspecified atom stereocenters. The lowest BCUT2D eigenvalue weighted by Gasteiger charge is -2.11. The number of hydrogen-bond acceptors (Lipinski definition) is 3. The van der Waals surface area contributed by atoms with Crippen LogP contribution in [0.15, 0.2) is 22.7 Å². The van der Waals surface area contributed by atoms with Crippen LogP contribution < -0.4 is 15.2 Å².